The van der Waals surface area contributed by atoms with Gasteiger partial charge < -0.3 is 15.3 Å². The third-order valence-electron chi connectivity index (χ3n) is 5.17. The Hall–Kier alpha value is -2.04. The molecule has 24 heavy (non-hydrogen) atoms. The van der Waals surface area contributed by atoms with Gasteiger partial charge in [0.15, 0.2) is 0 Å². The normalized spacial score (nSPS) is 19.1. The van der Waals surface area contributed by atoms with Crippen LogP contribution in [0.1, 0.15) is 42.9 Å². The summed E-state index contributed by atoms with van der Waals surface area (Å²) in [6.45, 7) is 3.84. The molecule has 2 aromatic rings. The van der Waals surface area contributed by atoms with Gasteiger partial charge in [-0.1, -0.05) is 30.3 Å². The predicted octanol–water partition coefficient (Wildman–Crippen LogP) is 3.40. The number of likely N-dealkylation sites (tertiary alicyclic amines) is 1. The van der Waals surface area contributed by atoms with Gasteiger partial charge in [0.2, 0.25) is 0 Å². The van der Waals surface area contributed by atoms with Crippen LogP contribution in [0.15, 0.2) is 48.5 Å². The van der Waals surface area contributed by atoms with E-state index in [1.807, 2.05) is 25.1 Å². The van der Waals surface area contributed by atoms with Crippen LogP contribution in [0.4, 0.5) is 0 Å². The molecule has 0 aliphatic carbocycles. The van der Waals surface area contributed by atoms with Gasteiger partial charge in [-0.3, -0.25) is 4.90 Å². The lowest BCUT2D eigenvalue weighted by Gasteiger charge is -2.38. The highest BCUT2D eigenvalue weighted by Gasteiger charge is 2.28. The van der Waals surface area contributed by atoms with Crippen LogP contribution in [0.3, 0.4) is 0 Å². The molecule has 4 nitrogen and oxygen atoms in total. The van der Waals surface area contributed by atoms with Crippen LogP contribution in [0.25, 0.3) is 0 Å². The molecular weight excluding hydrogens is 302 g/mol. The van der Waals surface area contributed by atoms with E-state index in [1.54, 1.807) is 30.3 Å². The highest BCUT2D eigenvalue weighted by Crippen LogP contribution is 2.35. The second-order valence-electron chi connectivity index (χ2n) is 6.65. The van der Waals surface area contributed by atoms with Crippen LogP contribution >= 0.6 is 0 Å². The van der Waals surface area contributed by atoms with Crippen molar-refractivity contribution < 1.29 is 15.3 Å². The molecule has 0 radical (unpaired) electrons. The molecule has 0 unspecified atom stereocenters. The van der Waals surface area contributed by atoms with Gasteiger partial charge >= 0.3 is 0 Å². The minimum atomic E-state index is -0.577. The Morgan fingerprint density at radius 1 is 0.958 bits per heavy atom. The van der Waals surface area contributed by atoms with Crippen LogP contribution < -0.4 is 0 Å². The molecule has 1 fully saturated rings. The minimum absolute atomic E-state index is 0.0138. The van der Waals surface area contributed by atoms with E-state index in [1.165, 1.54) is 0 Å². The number of aromatic hydroxyl groups is 2. The lowest BCUT2D eigenvalue weighted by molar-refractivity contribution is 0.0434. The summed E-state index contributed by atoms with van der Waals surface area (Å²) >= 11 is 0. The number of rotatable bonds is 4. The van der Waals surface area contributed by atoms with E-state index in [4.69, 9.17) is 0 Å². The molecule has 0 aromatic heterocycles. The highest BCUT2D eigenvalue weighted by molar-refractivity contribution is 5.35. The maximum absolute atomic E-state index is 10.6. The quantitative estimate of drug-likeness (QED) is 0.805. The van der Waals surface area contributed by atoms with Crippen molar-refractivity contribution in [1.29, 1.82) is 0 Å². The molecule has 0 saturated carbocycles. The summed E-state index contributed by atoms with van der Waals surface area (Å²) in [7, 11) is 0. The van der Waals surface area contributed by atoms with Crippen LogP contribution in [-0.4, -0.2) is 39.4 Å². The van der Waals surface area contributed by atoms with Crippen LogP contribution in [0.2, 0.25) is 0 Å². The smallest absolute Gasteiger partial charge is 0.119 e. The Morgan fingerprint density at radius 3 is 2.21 bits per heavy atom. The lowest BCUT2D eigenvalue weighted by Crippen LogP contribution is -2.42. The van der Waals surface area contributed by atoms with E-state index < -0.39 is 6.10 Å². The monoisotopic (exact) mass is 327 g/mol. The standard InChI is InChI=1S/C20H25NO3/c1-14(20(24)16-6-8-17(22)9-7-16)21-12-10-15(11-13-21)18-4-2-3-5-19(18)23/h2-9,14-15,20,22-24H,10-13H2,1H3/t14-,20+/m0/s1. The van der Waals surface area contributed by atoms with Gasteiger partial charge in [0, 0.05) is 6.04 Å². The number of aliphatic hydroxyl groups excluding tert-OH is 1. The number of aliphatic hydroxyl groups is 1. The van der Waals surface area contributed by atoms with E-state index in [0.29, 0.717) is 11.7 Å². The van der Waals surface area contributed by atoms with Crippen molar-refractivity contribution in [2.24, 2.45) is 0 Å². The van der Waals surface area contributed by atoms with Gasteiger partial charge in [0.05, 0.1) is 6.10 Å². The predicted molar refractivity (Wildman–Crippen MR) is 94.2 cm³/mol. The second-order valence-corrected chi connectivity index (χ2v) is 6.65. The summed E-state index contributed by atoms with van der Waals surface area (Å²) in [6.07, 6.45) is 1.38. The maximum Gasteiger partial charge on any atom is 0.119 e. The third-order valence-corrected chi connectivity index (χ3v) is 5.17. The SMILES string of the molecule is C[C@@H]([C@@H](O)c1ccc(O)cc1)N1CCC(c2ccccc2O)CC1. The number of piperidine rings is 1. The van der Waals surface area contributed by atoms with Crippen molar-refractivity contribution in [2.45, 2.75) is 37.8 Å². The van der Waals surface area contributed by atoms with Crippen LogP contribution in [-0.2, 0) is 0 Å². The molecule has 1 aliphatic rings. The fraction of sp³-hybridized carbons (Fsp3) is 0.400. The van der Waals surface area contributed by atoms with Gasteiger partial charge in [-0.25, -0.2) is 0 Å². The fourth-order valence-corrected chi connectivity index (χ4v) is 3.60. The largest absolute Gasteiger partial charge is 0.508 e. The number of hydrogen-bond acceptors (Lipinski definition) is 4. The van der Waals surface area contributed by atoms with Crippen molar-refractivity contribution in [3.8, 4) is 11.5 Å². The zero-order chi connectivity index (χ0) is 17.1. The summed E-state index contributed by atoms with van der Waals surface area (Å²) in [6, 6.07) is 14.3. The number of nitrogens with zero attached hydrogens (tertiary/aromatic N) is 1. The summed E-state index contributed by atoms with van der Waals surface area (Å²) in [5.41, 5.74) is 1.85. The van der Waals surface area contributed by atoms with Crippen LogP contribution in [0, 0.1) is 0 Å². The van der Waals surface area contributed by atoms with Crippen molar-refractivity contribution >= 4 is 0 Å². The molecule has 3 rings (SSSR count). The fourth-order valence-electron chi connectivity index (χ4n) is 3.60. The summed E-state index contributed by atoms with van der Waals surface area (Å²) in [4.78, 5) is 2.30. The maximum atomic E-state index is 10.6. The molecule has 4 heteroatoms. The van der Waals surface area contributed by atoms with E-state index in [9.17, 15) is 15.3 Å². The highest BCUT2D eigenvalue weighted by atomic mass is 16.3. The number of phenols is 2. The Kier molecular flexibility index (Phi) is 5.07. The molecule has 2 aromatic carbocycles. The number of phenolic OH excluding ortho intramolecular Hbond substituents is 2. The van der Waals surface area contributed by atoms with Crippen LogP contribution in [0.5, 0.6) is 11.5 Å². The Bertz CT molecular complexity index is 663. The summed E-state index contributed by atoms with van der Waals surface area (Å²) < 4.78 is 0. The zero-order valence-electron chi connectivity index (χ0n) is 14.0. The number of benzene rings is 2. The van der Waals surface area contributed by atoms with Crippen molar-refractivity contribution in [3.63, 3.8) is 0 Å². The van der Waals surface area contributed by atoms with Crippen molar-refractivity contribution in [3.05, 3.63) is 59.7 Å². The zero-order valence-corrected chi connectivity index (χ0v) is 14.0. The minimum Gasteiger partial charge on any atom is -0.508 e. The molecule has 0 bridgehead atoms. The van der Waals surface area contributed by atoms with Crippen molar-refractivity contribution in [1.82, 2.24) is 4.90 Å². The average Bonchev–Trinajstić information content (AvgIpc) is 2.62. The van der Waals surface area contributed by atoms with Gasteiger partial charge in [-0.2, -0.15) is 0 Å². The molecule has 1 saturated heterocycles. The van der Waals surface area contributed by atoms with E-state index in [0.717, 1.165) is 37.1 Å². The topological polar surface area (TPSA) is 63.9 Å². The molecule has 2 atom stereocenters. The second kappa shape index (κ2) is 7.24. The molecular formula is C20H25NO3. The summed E-state index contributed by atoms with van der Waals surface area (Å²) in [5.74, 6) is 0.968. The number of hydrogen-bond donors (Lipinski definition) is 3. The van der Waals surface area contributed by atoms with Gasteiger partial charge in [-0.15, -0.1) is 0 Å². The average molecular weight is 327 g/mol. The first-order valence-corrected chi connectivity index (χ1v) is 8.55. The van der Waals surface area contributed by atoms with E-state index >= 15 is 0 Å². The van der Waals surface area contributed by atoms with Crippen molar-refractivity contribution in [2.75, 3.05) is 13.1 Å². The molecule has 0 amide bonds. The first-order chi connectivity index (χ1) is 11.6. The Balaban J connectivity index is 1.61. The van der Waals surface area contributed by atoms with Gasteiger partial charge in [0.1, 0.15) is 11.5 Å². The molecule has 128 valence electrons. The van der Waals surface area contributed by atoms with E-state index in [-0.39, 0.29) is 11.8 Å². The molecule has 0 spiro atoms. The third kappa shape index (κ3) is 3.55. The molecule has 1 aliphatic heterocycles. The Morgan fingerprint density at radius 2 is 1.58 bits per heavy atom. The van der Waals surface area contributed by atoms with E-state index in [2.05, 4.69) is 4.90 Å². The summed E-state index contributed by atoms with van der Waals surface area (Å²) in [5, 5.41) is 30.0. The number of para-hydroxylation sites is 1. The van der Waals surface area contributed by atoms with Gasteiger partial charge in [-0.05, 0) is 68.1 Å². The molecule has 3 N–H and O–H groups in total. The Labute approximate surface area is 143 Å². The molecule has 1 heterocycles. The first-order valence-electron chi connectivity index (χ1n) is 8.55. The first kappa shape index (κ1) is 16.8. The van der Waals surface area contributed by atoms with Gasteiger partial charge in [0.25, 0.3) is 0 Å². The lowest BCUT2D eigenvalue weighted by atomic mass is 9.87.